The molecule has 0 saturated carbocycles. The molecule has 1 unspecified atom stereocenters. The van der Waals surface area contributed by atoms with Gasteiger partial charge in [-0.1, -0.05) is 0 Å². The van der Waals surface area contributed by atoms with Crippen LogP contribution < -0.4 is 15.4 Å². The van der Waals surface area contributed by atoms with Crippen molar-refractivity contribution in [3.63, 3.8) is 0 Å². The van der Waals surface area contributed by atoms with Crippen molar-refractivity contribution in [2.24, 2.45) is 0 Å². The van der Waals surface area contributed by atoms with E-state index in [0.29, 0.717) is 26.8 Å². The van der Waals surface area contributed by atoms with Gasteiger partial charge in [0.2, 0.25) is 0 Å². The summed E-state index contributed by atoms with van der Waals surface area (Å²) >= 11 is 6.63. The molecule has 0 aromatic heterocycles. The van der Waals surface area contributed by atoms with E-state index in [1.807, 2.05) is 0 Å². The minimum atomic E-state index is -0.861. The number of rotatable bonds is 5. The Bertz CT molecular complexity index is 514. The zero-order valence-electron chi connectivity index (χ0n) is 11.6. The van der Waals surface area contributed by atoms with Gasteiger partial charge in [0.05, 0.1) is 15.6 Å². The Balaban J connectivity index is 2.77. The molecule has 8 heteroatoms. The molecule has 1 aromatic carbocycles. The van der Waals surface area contributed by atoms with Gasteiger partial charge in [0.1, 0.15) is 5.75 Å². The first-order valence-electron chi connectivity index (χ1n) is 6.23. The fourth-order valence-electron chi connectivity index (χ4n) is 1.46. The number of imide groups is 1. The molecule has 0 aliphatic carbocycles. The number of halogens is 2. The molecule has 21 heavy (non-hydrogen) atoms. The number of benzene rings is 1. The molecule has 0 fully saturated rings. The smallest absolute Gasteiger partial charge is 0.321 e. The van der Waals surface area contributed by atoms with Crippen LogP contribution in [0, 0.1) is 0 Å². The number of hydrogen-bond acceptors (Lipinski definition) is 4. The third-order valence-electron chi connectivity index (χ3n) is 2.48. The Morgan fingerprint density at radius 3 is 2.38 bits per heavy atom. The van der Waals surface area contributed by atoms with Crippen molar-refractivity contribution >= 4 is 43.8 Å². The Morgan fingerprint density at radius 1 is 1.33 bits per heavy atom. The molecule has 0 radical (unpaired) electrons. The number of carbonyl (C=O) groups excluding carboxylic acids is 2. The van der Waals surface area contributed by atoms with Gasteiger partial charge in [-0.15, -0.1) is 0 Å². The first kappa shape index (κ1) is 17.9. The topological polar surface area (TPSA) is 87.7 Å². The fraction of sp³-hybridized carbons (Fsp3) is 0.385. The summed E-state index contributed by atoms with van der Waals surface area (Å²) in [7, 11) is 0. The second-order valence-corrected chi connectivity index (χ2v) is 5.86. The third kappa shape index (κ3) is 5.29. The Labute approximate surface area is 139 Å². The summed E-state index contributed by atoms with van der Waals surface area (Å²) in [5.41, 5.74) is 0.695. The van der Waals surface area contributed by atoms with Crippen molar-refractivity contribution in [1.29, 1.82) is 0 Å². The van der Waals surface area contributed by atoms with Gasteiger partial charge in [-0.3, -0.25) is 10.1 Å². The van der Waals surface area contributed by atoms with E-state index in [-0.39, 0.29) is 6.61 Å². The standard InChI is InChI=1S/C13H16Br2N2O4/c1-3-16-13(20)17-12(19)7(2)21-11-9(14)4-8(6-18)5-10(11)15/h4-5,7,18H,3,6H2,1-2H3,(H2,16,17,19,20). The van der Waals surface area contributed by atoms with E-state index in [1.165, 1.54) is 6.92 Å². The molecule has 1 aromatic rings. The number of hydrogen-bond donors (Lipinski definition) is 3. The Hall–Kier alpha value is -1.12. The predicted octanol–water partition coefficient (Wildman–Crippen LogP) is 2.32. The molecule has 0 aliphatic rings. The van der Waals surface area contributed by atoms with E-state index in [9.17, 15) is 9.59 Å². The number of carbonyl (C=O) groups is 2. The highest BCUT2D eigenvalue weighted by Crippen LogP contribution is 2.35. The molecule has 1 atom stereocenters. The second kappa shape index (κ2) is 8.35. The molecular formula is C13H16Br2N2O4. The summed E-state index contributed by atoms with van der Waals surface area (Å²) in [6.07, 6.45) is -0.861. The summed E-state index contributed by atoms with van der Waals surface area (Å²) in [4.78, 5) is 23.1. The fourth-order valence-corrected chi connectivity index (χ4v) is 2.93. The van der Waals surface area contributed by atoms with Gasteiger partial charge in [0.15, 0.2) is 6.10 Å². The number of urea groups is 1. The lowest BCUT2D eigenvalue weighted by Crippen LogP contribution is -2.45. The van der Waals surface area contributed by atoms with Gasteiger partial charge in [-0.25, -0.2) is 4.79 Å². The summed E-state index contributed by atoms with van der Waals surface area (Å²) in [5.74, 6) is -0.128. The zero-order valence-corrected chi connectivity index (χ0v) is 14.7. The molecule has 116 valence electrons. The summed E-state index contributed by atoms with van der Waals surface area (Å²) in [6, 6.07) is 2.81. The largest absolute Gasteiger partial charge is 0.479 e. The van der Waals surface area contributed by atoms with Gasteiger partial charge in [-0.2, -0.15) is 0 Å². The number of aliphatic hydroxyl groups excluding tert-OH is 1. The van der Waals surface area contributed by atoms with Crippen LogP contribution in [0.15, 0.2) is 21.1 Å². The molecule has 3 amide bonds. The van der Waals surface area contributed by atoms with Gasteiger partial charge in [-0.05, 0) is 63.4 Å². The Kier molecular flexibility index (Phi) is 7.13. The highest BCUT2D eigenvalue weighted by atomic mass is 79.9. The number of aliphatic hydroxyl groups is 1. The van der Waals surface area contributed by atoms with E-state index >= 15 is 0 Å². The quantitative estimate of drug-likeness (QED) is 0.678. The van der Waals surface area contributed by atoms with Gasteiger partial charge in [0, 0.05) is 6.54 Å². The van der Waals surface area contributed by atoms with Crippen LogP contribution in [0.3, 0.4) is 0 Å². The van der Waals surface area contributed by atoms with Gasteiger partial charge >= 0.3 is 6.03 Å². The van der Waals surface area contributed by atoms with E-state index in [1.54, 1.807) is 19.1 Å². The maximum Gasteiger partial charge on any atom is 0.321 e. The molecule has 0 heterocycles. The van der Waals surface area contributed by atoms with E-state index < -0.39 is 18.0 Å². The normalized spacial score (nSPS) is 11.7. The molecular weight excluding hydrogens is 408 g/mol. The highest BCUT2D eigenvalue weighted by Gasteiger charge is 2.20. The van der Waals surface area contributed by atoms with Gasteiger partial charge < -0.3 is 15.2 Å². The monoisotopic (exact) mass is 422 g/mol. The Morgan fingerprint density at radius 2 is 1.90 bits per heavy atom. The second-order valence-electron chi connectivity index (χ2n) is 4.16. The lowest BCUT2D eigenvalue weighted by Gasteiger charge is -2.17. The number of ether oxygens (including phenoxy) is 1. The third-order valence-corrected chi connectivity index (χ3v) is 3.66. The van der Waals surface area contributed by atoms with E-state index in [4.69, 9.17) is 9.84 Å². The van der Waals surface area contributed by atoms with Crippen molar-refractivity contribution in [2.45, 2.75) is 26.6 Å². The van der Waals surface area contributed by atoms with Crippen LogP contribution in [0.25, 0.3) is 0 Å². The first-order chi connectivity index (χ1) is 9.88. The predicted molar refractivity (Wildman–Crippen MR) is 85.1 cm³/mol. The van der Waals surface area contributed by atoms with Crippen LogP contribution in [0.4, 0.5) is 4.79 Å². The molecule has 1 rings (SSSR count). The van der Waals surface area contributed by atoms with Crippen LogP contribution in [0.2, 0.25) is 0 Å². The molecule has 3 N–H and O–H groups in total. The summed E-state index contributed by atoms with van der Waals surface area (Å²) in [6.45, 7) is 3.60. The highest BCUT2D eigenvalue weighted by molar-refractivity contribution is 9.11. The maximum atomic E-state index is 11.8. The number of amides is 3. The van der Waals surface area contributed by atoms with Crippen LogP contribution in [0.1, 0.15) is 19.4 Å². The van der Waals surface area contributed by atoms with Crippen molar-refractivity contribution in [1.82, 2.24) is 10.6 Å². The average molecular weight is 424 g/mol. The molecule has 0 spiro atoms. The van der Waals surface area contributed by atoms with Crippen molar-refractivity contribution < 1.29 is 19.4 Å². The van der Waals surface area contributed by atoms with Crippen LogP contribution in [-0.4, -0.2) is 29.7 Å². The zero-order chi connectivity index (χ0) is 16.0. The maximum absolute atomic E-state index is 11.8. The summed E-state index contributed by atoms with van der Waals surface area (Å²) < 4.78 is 6.74. The van der Waals surface area contributed by atoms with Crippen molar-refractivity contribution in [3.8, 4) is 5.75 Å². The van der Waals surface area contributed by atoms with Crippen molar-refractivity contribution in [2.75, 3.05) is 6.54 Å². The van der Waals surface area contributed by atoms with Gasteiger partial charge in [0.25, 0.3) is 5.91 Å². The van der Waals surface area contributed by atoms with E-state index in [0.717, 1.165) is 0 Å². The van der Waals surface area contributed by atoms with Crippen LogP contribution in [-0.2, 0) is 11.4 Å². The lowest BCUT2D eigenvalue weighted by molar-refractivity contribution is -0.126. The minimum Gasteiger partial charge on any atom is -0.479 e. The van der Waals surface area contributed by atoms with E-state index in [2.05, 4.69) is 42.5 Å². The SMILES string of the molecule is CCNC(=O)NC(=O)C(C)Oc1c(Br)cc(CO)cc1Br. The van der Waals surface area contributed by atoms with Crippen LogP contribution in [0.5, 0.6) is 5.75 Å². The van der Waals surface area contributed by atoms with Crippen molar-refractivity contribution in [3.05, 3.63) is 26.6 Å². The number of nitrogens with one attached hydrogen (secondary N) is 2. The molecule has 0 saturated heterocycles. The molecule has 0 aliphatic heterocycles. The first-order valence-corrected chi connectivity index (χ1v) is 7.81. The lowest BCUT2D eigenvalue weighted by atomic mass is 10.2. The molecule has 0 bridgehead atoms. The minimum absolute atomic E-state index is 0.106. The van der Waals surface area contributed by atoms with Crippen LogP contribution >= 0.6 is 31.9 Å². The summed E-state index contributed by atoms with van der Waals surface area (Å²) in [5, 5.41) is 13.7. The average Bonchev–Trinajstić information content (AvgIpc) is 2.42. The molecule has 6 nitrogen and oxygen atoms in total.